The van der Waals surface area contributed by atoms with E-state index in [4.69, 9.17) is 11.6 Å². The van der Waals surface area contributed by atoms with Gasteiger partial charge in [0.05, 0.1) is 6.04 Å². The second kappa shape index (κ2) is 8.80. The number of carbonyl (C=O) groups excluding carboxylic acids is 2. The molecule has 0 saturated carbocycles. The molecule has 7 nitrogen and oxygen atoms in total. The molecule has 0 spiro atoms. The highest BCUT2D eigenvalue weighted by Crippen LogP contribution is 2.21. The van der Waals surface area contributed by atoms with Crippen LogP contribution in [0.2, 0.25) is 5.02 Å². The first-order chi connectivity index (χ1) is 12.6. The van der Waals surface area contributed by atoms with Crippen LogP contribution in [0.3, 0.4) is 0 Å². The van der Waals surface area contributed by atoms with Crippen molar-refractivity contribution in [3.8, 4) is 0 Å². The van der Waals surface area contributed by atoms with Crippen LogP contribution >= 0.6 is 11.6 Å². The Bertz CT molecular complexity index is 725. The number of piperidine rings is 1. The fraction of sp³-hybridized carbons (Fsp3) is 0.444. The first-order valence-corrected chi connectivity index (χ1v) is 9.17. The number of benzene rings is 1. The Morgan fingerprint density at radius 3 is 2.58 bits per heavy atom. The summed E-state index contributed by atoms with van der Waals surface area (Å²) >= 11 is 5.81. The Labute approximate surface area is 157 Å². The van der Waals surface area contributed by atoms with Crippen LogP contribution in [0, 0.1) is 0 Å². The van der Waals surface area contributed by atoms with Crippen LogP contribution < -0.4 is 5.32 Å². The van der Waals surface area contributed by atoms with Gasteiger partial charge >= 0.3 is 0 Å². The lowest BCUT2D eigenvalue weighted by Crippen LogP contribution is -2.39. The molecular weight excluding hydrogens is 354 g/mol. The summed E-state index contributed by atoms with van der Waals surface area (Å²) < 4.78 is 1.87. The largest absolute Gasteiger partial charge is 0.352 e. The third-order valence-corrected chi connectivity index (χ3v) is 4.84. The van der Waals surface area contributed by atoms with Gasteiger partial charge in [0.1, 0.15) is 12.7 Å². The topological polar surface area (TPSA) is 80.1 Å². The highest BCUT2D eigenvalue weighted by molar-refractivity contribution is 6.30. The quantitative estimate of drug-likeness (QED) is 0.785. The SMILES string of the molecule is O=C(NCCCC(=O)N1CCC(n2cncn2)CC1)c1ccc(Cl)cc1. The summed E-state index contributed by atoms with van der Waals surface area (Å²) in [6.07, 6.45) is 6.11. The van der Waals surface area contributed by atoms with Crippen LogP contribution in [-0.4, -0.2) is 51.1 Å². The summed E-state index contributed by atoms with van der Waals surface area (Å²) in [7, 11) is 0. The number of hydrogen-bond acceptors (Lipinski definition) is 4. The van der Waals surface area contributed by atoms with Crippen molar-refractivity contribution in [3.63, 3.8) is 0 Å². The van der Waals surface area contributed by atoms with E-state index in [2.05, 4.69) is 15.4 Å². The van der Waals surface area contributed by atoms with E-state index >= 15 is 0 Å². The van der Waals surface area contributed by atoms with Crippen LogP contribution in [0.15, 0.2) is 36.9 Å². The Morgan fingerprint density at radius 2 is 1.92 bits per heavy atom. The highest BCUT2D eigenvalue weighted by Gasteiger charge is 2.23. The van der Waals surface area contributed by atoms with Gasteiger partial charge in [-0.3, -0.25) is 9.59 Å². The van der Waals surface area contributed by atoms with Crippen molar-refractivity contribution in [2.45, 2.75) is 31.7 Å². The van der Waals surface area contributed by atoms with E-state index in [1.54, 1.807) is 30.6 Å². The minimum Gasteiger partial charge on any atom is -0.352 e. The van der Waals surface area contributed by atoms with Gasteiger partial charge in [-0.05, 0) is 43.5 Å². The molecule has 1 fully saturated rings. The zero-order valence-electron chi connectivity index (χ0n) is 14.5. The van der Waals surface area contributed by atoms with Gasteiger partial charge in [-0.25, -0.2) is 9.67 Å². The molecule has 0 unspecified atom stereocenters. The lowest BCUT2D eigenvalue weighted by molar-refractivity contribution is -0.132. The Kier molecular flexibility index (Phi) is 6.22. The van der Waals surface area contributed by atoms with Crippen LogP contribution in [0.5, 0.6) is 0 Å². The Morgan fingerprint density at radius 1 is 1.19 bits per heavy atom. The lowest BCUT2D eigenvalue weighted by atomic mass is 10.0. The van der Waals surface area contributed by atoms with Gasteiger partial charge in [0.15, 0.2) is 0 Å². The fourth-order valence-electron chi connectivity index (χ4n) is 3.09. The molecule has 0 radical (unpaired) electrons. The first-order valence-electron chi connectivity index (χ1n) is 8.79. The van der Waals surface area contributed by atoms with Crippen molar-refractivity contribution in [2.24, 2.45) is 0 Å². The Balaban J connectivity index is 1.34. The number of rotatable bonds is 6. The molecule has 3 rings (SSSR count). The standard InChI is InChI=1S/C18H22ClN5O2/c19-15-5-3-14(4-6-15)18(26)21-9-1-2-17(25)23-10-7-16(8-11-23)24-13-20-12-22-24/h3-6,12-13,16H,1-2,7-11H2,(H,21,26). The van der Waals surface area contributed by atoms with Crippen molar-refractivity contribution in [1.29, 1.82) is 0 Å². The van der Waals surface area contributed by atoms with E-state index < -0.39 is 0 Å². The van der Waals surface area contributed by atoms with Gasteiger partial charge in [0.25, 0.3) is 5.91 Å². The normalized spacial score (nSPS) is 15.0. The fourth-order valence-corrected chi connectivity index (χ4v) is 3.21. The molecule has 0 atom stereocenters. The zero-order chi connectivity index (χ0) is 18.4. The summed E-state index contributed by atoms with van der Waals surface area (Å²) in [5.74, 6) is -0.00876. The monoisotopic (exact) mass is 375 g/mol. The molecule has 138 valence electrons. The average Bonchev–Trinajstić information content (AvgIpc) is 3.20. The average molecular weight is 376 g/mol. The molecule has 0 aliphatic carbocycles. The maximum Gasteiger partial charge on any atom is 0.251 e. The van der Waals surface area contributed by atoms with Crippen LogP contribution in [0.1, 0.15) is 42.1 Å². The van der Waals surface area contributed by atoms with E-state index in [-0.39, 0.29) is 11.8 Å². The summed E-state index contributed by atoms with van der Waals surface area (Å²) in [4.78, 5) is 30.2. The third kappa shape index (κ3) is 4.82. The third-order valence-electron chi connectivity index (χ3n) is 4.59. The molecule has 2 amide bonds. The molecule has 1 aromatic heterocycles. The van der Waals surface area contributed by atoms with Crippen molar-refractivity contribution in [2.75, 3.05) is 19.6 Å². The number of halogens is 1. The van der Waals surface area contributed by atoms with E-state index in [9.17, 15) is 9.59 Å². The predicted molar refractivity (Wildman–Crippen MR) is 97.9 cm³/mol. The minimum absolute atomic E-state index is 0.141. The van der Waals surface area contributed by atoms with Crippen LogP contribution in [0.25, 0.3) is 0 Å². The van der Waals surface area contributed by atoms with Crippen molar-refractivity contribution in [1.82, 2.24) is 25.0 Å². The minimum atomic E-state index is -0.150. The van der Waals surface area contributed by atoms with Crippen molar-refractivity contribution >= 4 is 23.4 Å². The summed E-state index contributed by atoms with van der Waals surface area (Å²) in [5, 5.41) is 7.60. The maximum atomic E-state index is 12.3. The molecule has 1 saturated heterocycles. The number of hydrogen-bond donors (Lipinski definition) is 1. The van der Waals surface area contributed by atoms with Crippen molar-refractivity contribution in [3.05, 3.63) is 47.5 Å². The van der Waals surface area contributed by atoms with Gasteiger partial charge in [-0.15, -0.1) is 0 Å². The van der Waals surface area contributed by atoms with Crippen LogP contribution in [-0.2, 0) is 4.79 Å². The van der Waals surface area contributed by atoms with Crippen molar-refractivity contribution < 1.29 is 9.59 Å². The molecule has 1 aromatic carbocycles. The predicted octanol–water partition coefficient (Wildman–Crippen LogP) is 2.31. The molecular formula is C18H22ClN5O2. The molecule has 1 N–H and O–H groups in total. The smallest absolute Gasteiger partial charge is 0.251 e. The summed E-state index contributed by atoms with van der Waals surface area (Å²) in [6.45, 7) is 1.95. The zero-order valence-corrected chi connectivity index (χ0v) is 15.2. The second-order valence-corrected chi connectivity index (χ2v) is 6.79. The molecule has 1 aliphatic rings. The van der Waals surface area contributed by atoms with Gasteiger partial charge in [-0.2, -0.15) is 5.10 Å². The summed E-state index contributed by atoms with van der Waals surface area (Å²) in [6, 6.07) is 7.05. The number of nitrogens with one attached hydrogen (secondary N) is 1. The number of nitrogens with zero attached hydrogens (tertiary/aromatic N) is 4. The van der Waals surface area contributed by atoms with E-state index in [0.29, 0.717) is 36.0 Å². The first kappa shape index (κ1) is 18.4. The second-order valence-electron chi connectivity index (χ2n) is 6.35. The van der Waals surface area contributed by atoms with Gasteiger partial charge < -0.3 is 10.2 Å². The van der Waals surface area contributed by atoms with Gasteiger partial charge in [-0.1, -0.05) is 11.6 Å². The number of likely N-dealkylation sites (tertiary alicyclic amines) is 1. The van der Waals surface area contributed by atoms with Crippen LogP contribution in [0.4, 0.5) is 0 Å². The molecule has 1 aliphatic heterocycles. The Hall–Kier alpha value is -2.41. The molecule has 8 heteroatoms. The molecule has 2 heterocycles. The van der Waals surface area contributed by atoms with Gasteiger partial charge in [0.2, 0.25) is 5.91 Å². The number of carbonyl (C=O) groups is 2. The lowest BCUT2D eigenvalue weighted by Gasteiger charge is -2.32. The molecule has 26 heavy (non-hydrogen) atoms. The van der Waals surface area contributed by atoms with Gasteiger partial charge in [0, 0.05) is 36.6 Å². The molecule has 2 aromatic rings. The highest BCUT2D eigenvalue weighted by atomic mass is 35.5. The van der Waals surface area contributed by atoms with E-state index in [0.717, 1.165) is 25.9 Å². The maximum absolute atomic E-state index is 12.3. The molecule has 0 bridgehead atoms. The van der Waals surface area contributed by atoms with E-state index in [1.807, 2.05) is 9.58 Å². The number of amides is 2. The summed E-state index contributed by atoms with van der Waals surface area (Å²) in [5.41, 5.74) is 0.566. The van der Waals surface area contributed by atoms with E-state index in [1.165, 1.54) is 6.33 Å². The number of aromatic nitrogens is 3.